The van der Waals surface area contributed by atoms with Crippen molar-refractivity contribution < 1.29 is 61.6 Å². The number of hydrogen-bond donors (Lipinski definition) is 0. The maximum atomic E-state index is 6.16. The van der Waals surface area contributed by atoms with Gasteiger partial charge in [0.1, 0.15) is 0 Å². The predicted octanol–water partition coefficient (Wildman–Crippen LogP) is 3.37. The van der Waals surface area contributed by atoms with E-state index in [0.29, 0.717) is 57.1 Å². The van der Waals surface area contributed by atoms with Crippen LogP contribution < -0.4 is 37.9 Å². The minimum absolute atomic E-state index is 0.00110. The van der Waals surface area contributed by atoms with Crippen LogP contribution in [0, 0.1) is 0 Å². The molecule has 0 spiro atoms. The summed E-state index contributed by atoms with van der Waals surface area (Å²) in [7, 11) is 12.1. The molecule has 0 fully saturated rings. The van der Waals surface area contributed by atoms with Gasteiger partial charge in [0, 0.05) is 40.6 Å². The minimum atomic E-state index is -0.0380. The Morgan fingerprint density at radius 1 is 0.410 bits per heavy atom. The van der Waals surface area contributed by atoms with Crippen molar-refractivity contribution in [3.05, 3.63) is 23.3 Å². The van der Waals surface area contributed by atoms with E-state index in [2.05, 4.69) is 0 Å². The zero-order valence-corrected chi connectivity index (χ0v) is 23.7. The Morgan fingerprint density at radius 3 is 1.08 bits per heavy atom. The molecule has 39 heavy (non-hydrogen) atoms. The summed E-state index contributed by atoms with van der Waals surface area (Å²) in [5, 5.41) is 0. The lowest BCUT2D eigenvalue weighted by Gasteiger charge is -2.22. The van der Waals surface area contributed by atoms with Crippen molar-refractivity contribution in [1.29, 1.82) is 0 Å². The fourth-order valence-corrected chi connectivity index (χ4v) is 3.58. The lowest BCUT2D eigenvalue weighted by atomic mass is 10.1. The van der Waals surface area contributed by atoms with Crippen molar-refractivity contribution >= 4 is 0 Å². The van der Waals surface area contributed by atoms with Crippen molar-refractivity contribution in [3.63, 3.8) is 0 Å². The van der Waals surface area contributed by atoms with Crippen LogP contribution in [0.5, 0.6) is 46.0 Å². The Labute approximate surface area is 228 Å². The van der Waals surface area contributed by atoms with Gasteiger partial charge in [0.15, 0.2) is 73.2 Å². The second-order valence-corrected chi connectivity index (χ2v) is 7.53. The van der Waals surface area contributed by atoms with Crippen LogP contribution in [0.25, 0.3) is 0 Å². The summed E-state index contributed by atoms with van der Waals surface area (Å²) < 4.78 is 71.9. The molecule has 0 aliphatic heterocycles. The minimum Gasteiger partial charge on any atom is -0.493 e. The lowest BCUT2D eigenvalue weighted by Crippen LogP contribution is -2.11. The average molecular weight is 559 g/mol. The number of hydrogen-bond acceptors (Lipinski definition) is 13. The molecular formula is C26H38O13. The number of methoxy groups -OCH3 is 8. The van der Waals surface area contributed by atoms with Gasteiger partial charge < -0.3 is 61.6 Å². The fraction of sp³-hybridized carbons (Fsp3) is 0.538. The Balaban J connectivity index is 2.54. The summed E-state index contributed by atoms with van der Waals surface area (Å²) in [6.07, 6.45) is 0. The van der Waals surface area contributed by atoms with E-state index in [1.165, 1.54) is 56.9 Å². The Morgan fingerprint density at radius 2 is 0.769 bits per heavy atom. The molecule has 0 N–H and O–H groups in total. The van der Waals surface area contributed by atoms with E-state index in [9.17, 15) is 0 Å². The zero-order valence-electron chi connectivity index (χ0n) is 23.7. The van der Waals surface area contributed by atoms with Crippen LogP contribution in [0.3, 0.4) is 0 Å². The van der Waals surface area contributed by atoms with Crippen LogP contribution in [0.1, 0.15) is 11.1 Å². The first kappa shape index (κ1) is 31.9. The third-order valence-corrected chi connectivity index (χ3v) is 5.16. The highest BCUT2D eigenvalue weighted by atomic mass is 16.7. The second kappa shape index (κ2) is 17.3. The van der Waals surface area contributed by atoms with Gasteiger partial charge in [-0.1, -0.05) is 0 Å². The molecule has 2 aromatic carbocycles. The smallest absolute Gasteiger partial charge is 0.188 e. The molecule has 13 heteroatoms. The Hall–Kier alpha value is -3.36. The molecule has 0 saturated heterocycles. The molecule has 0 saturated carbocycles. The standard InChI is InChI=1S/C26H38O13/c1-27-13-36-21-9-19(31-5)25(38-15-29-3)17(23(21)33-7)11-35-12-18-24(34-8)22(37-14-28-2)10-20(32-6)26(18)39-16-30-4/h9-10H,11-16H2,1-8H3. The summed E-state index contributed by atoms with van der Waals surface area (Å²) in [4.78, 5) is 0. The number of benzene rings is 2. The second-order valence-electron chi connectivity index (χ2n) is 7.53. The third-order valence-electron chi connectivity index (χ3n) is 5.16. The van der Waals surface area contributed by atoms with E-state index in [4.69, 9.17) is 61.6 Å². The van der Waals surface area contributed by atoms with Crippen LogP contribution in [-0.2, 0) is 36.9 Å². The molecule has 0 aliphatic carbocycles. The van der Waals surface area contributed by atoms with E-state index < -0.39 is 0 Å². The maximum absolute atomic E-state index is 6.16. The molecular weight excluding hydrogens is 520 g/mol. The SMILES string of the molecule is COCOc1cc(OC)c(OCOC)c(COCc2c(OC)c(OCOC)cc(OC)c2OCOC)c1OC. The van der Waals surface area contributed by atoms with Gasteiger partial charge in [-0.2, -0.15) is 0 Å². The van der Waals surface area contributed by atoms with Gasteiger partial charge in [0.25, 0.3) is 0 Å². The van der Waals surface area contributed by atoms with Crippen LogP contribution in [0.2, 0.25) is 0 Å². The molecule has 2 aromatic rings. The molecule has 0 aromatic heterocycles. The fourth-order valence-electron chi connectivity index (χ4n) is 3.58. The van der Waals surface area contributed by atoms with Crippen LogP contribution in [-0.4, -0.2) is 84.1 Å². The summed E-state index contributed by atoms with van der Waals surface area (Å²) in [6.45, 7) is -0.0945. The molecule has 0 heterocycles. The normalized spacial score (nSPS) is 10.7. The van der Waals surface area contributed by atoms with Gasteiger partial charge in [-0.05, 0) is 0 Å². The molecule has 0 atom stereocenters. The molecule has 0 amide bonds. The van der Waals surface area contributed by atoms with Gasteiger partial charge in [0.05, 0.1) is 52.8 Å². The van der Waals surface area contributed by atoms with Gasteiger partial charge in [-0.3, -0.25) is 0 Å². The summed E-state index contributed by atoms with van der Waals surface area (Å²) in [5.74, 6) is 2.98. The molecule has 0 radical (unpaired) electrons. The molecule has 2 rings (SSSR count). The van der Waals surface area contributed by atoms with Crippen LogP contribution in [0.15, 0.2) is 12.1 Å². The number of ether oxygens (including phenoxy) is 13. The van der Waals surface area contributed by atoms with E-state index in [1.807, 2.05) is 0 Å². The Bertz CT molecular complexity index is 933. The first-order valence-corrected chi connectivity index (χ1v) is 11.6. The largest absolute Gasteiger partial charge is 0.493 e. The van der Waals surface area contributed by atoms with Gasteiger partial charge in [-0.25, -0.2) is 0 Å². The van der Waals surface area contributed by atoms with Crippen LogP contribution in [0.4, 0.5) is 0 Å². The first-order valence-electron chi connectivity index (χ1n) is 11.6. The molecule has 0 aliphatic rings. The topological polar surface area (TPSA) is 120 Å². The van der Waals surface area contributed by atoms with Crippen molar-refractivity contribution in [2.45, 2.75) is 13.2 Å². The van der Waals surface area contributed by atoms with Crippen molar-refractivity contribution in [3.8, 4) is 46.0 Å². The van der Waals surface area contributed by atoms with Gasteiger partial charge in [0.2, 0.25) is 0 Å². The highest BCUT2D eigenvalue weighted by Gasteiger charge is 2.26. The molecule has 13 nitrogen and oxygen atoms in total. The van der Waals surface area contributed by atoms with Gasteiger partial charge in [-0.15, -0.1) is 0 Å². The van der Waals surface area contributed by atoms with E-state index in [0.717, 1.165) is 0 Å². The highest BCUT2D eigenvalue weighted by molar-refractivity contribution is 5.62. The van der Waals surface area contributed by atoms with Crippen LogP contribution >= 0.6 is 0 Å². The lowest BCUT2D eigenvalue weighted by molar-refractivity contribution is 0.0370. The maximum Gasteiger partial charge on any atom is 0.188 e. The molecule has 0 unspecified atom stereocenters. The summed E-state index contributed by atoms with van der Waals surface area (Å²) in [6, 6.07) is 3.26. The highest BCUT2D eigenvalue weighted by Crippen LogP contribution is 2.47. The Kier molecular flexibility index (Phi) is 14.1. The van der Waals surface area contributed by atoms with E-state index >= 15 is 0 Å². The summed E-state index contributed by atoms with van der Waals surface area (Å²) >= 11 is 0. The van der Waals surface area contributed by atoms with Gasteiger partial charge >= 0.3 is 0 Å². The van der Waals surface area contributed by atoms with Crippen molar-refractivity contribution in [2.75, 3.05) is 84.1 Å². The third kappa shape index (κ3) is 8.31. The van der Waals surface area contributed by atoms with E-state index in [-0.39, 0.29) is 40.4 Å². The quantitative estimate of drug-likeness (QED) is 0.221. The molecule has 220 valence electrons. The predicted molar refractivity (Wildman–Crippen MR) is 138 cm³/mol. The van der Waals surface area contributed by atoms with Crippen molar-refractivity contribution in [2.24, 2.45) is 0 Å². The monoisotopic (exact) mass is 558 g/mol. The first-order chi connectivity index (χ1) is 19.0. The average Bonchev–Trinajstić information content (AvgIpc) is 2.96. The summed E-state index contributed by atoms with van der Waals surface area (Å²) in [5.41, 5.74) is 1.02. The van der Waals surface area contributed by atoms with E-state index in [1.54, 1.807) is 12.1 Å². The van der Waals surface area contributed by atoms with Crippen molar-refractivity contribution in [1.82, 2.24) is 0 Å². The molecule has 0 bridgehead atoms. The zero-order chi connectivity index (χ0) is 28.6. The number of rotatable bonds is 20.